The van der Waals surface area contributed by atoms with Crippen molar-refractivity contribution < 1.29 is 14.4 Å². The van der Waals surface area contributed by atoms with Crippen LogP contribution in [0, 0.1) is 5.92 Å². The zero-order valence-corrected chi connectivity index (χ0v) is 13.8. The Bertz CT molecular complexity index is 613. The highest BCUT2D eigenvalue weighted by Gasteiger charge is 2.31. The Morgan fingerprint density at radius 3 is 2.70 bits per heavy atom. The van der Waals surface area contributed by atoms with Crippen molar-refractivity contribution in [3.05, 3.63) is 29.8 Å². The van der Waals surface area contributed by atoms with Crippen LogP contribution in [0.2, 0.25) is 0 Å². The smallest absolute Gasteiger partial charge is 0.251 e. The maximum absolute atomic E-state index is 12.2. The van der Waals surface area contributed by atoms with E-state index in [9.17, 15) is 14.4 Å². The van der Waals surface area contributed by atoms with Crippen molar-refractivity contribution in [2.75, 3.05) is 18.4 Å². The molecule has 0 spiro atoms. The fourth-order valence-electron chi connectivity index (χ4n) is 2.72. The normalized spacial score (nSPS) is 17.5. The van der Waals surface area contributed by atoms with Crippen LogP contribution in [0.4, 0.5) is 5.69 Å². The summed E-state index contributed by atoms with van der Waals surface area (Å²) in [6, 6.07) is 6.98. The number of benzene rings is 1. The van der Waals surface area contributed by atoms with Crippen molar-refractivity contribution in [1.82, 2.24) is 10.2 Å². The maximum Gasteiger partial charge on any atom is 0.251 e. The van der Waals surface area contributed by atoms with Gasteiger partial charge in [-0.1, -0.05) is 6.07 Å². The number of nitrogens with one attached hydrogen (secondary N) is 2. The molecule has 1 aliphatic heterocycles. The summed E-state index contributed by atoms with van der Waals surface area (Å²) in [5.74, 6) is -0.0901. The average molecular weight is 317 g/mol. The first-order valence-corrected chi connectivity index (χ1v) is 7.82. The first-order valence-electron chi connectivity index (χ1n) is 7.82. The number of rotatable bonds is 5. The zero-order valence-electron chi connectivity index (χ0n) is 13.8. The first-order chi connectivity index (χ1) is 10.9. The molecule has 2 N–H and O–H groups in total. The molecule has 1 heterocycles. The van der Waals surface area contributed by atoms with Gasteiger partial charge in [0.25, 0.3) is 5.91 Å². The second kappa shape index (κ2) is 7.26. The number of carbonyl (C=O) groups excluding carboxylic acids is 3. The molecule has 23 heavy (non-hydrogen) atoms. The van der Waals surface area contributed by atoms with Gasteiger partial charge in [0.15, 0.2) is 0 Å². The van der Waals surface area contributed by atoms with E-state index in [0.29, 0.717) is 30.8 Å². The van der Waals surface area contributed by atoms with Crippen molar-refractivity contribution >= 4 is 23.4 Å². The number of hydrogen-bond donors (Lipinski definition) is 2. The van der Waals surface area contributed by atoms with Crippen LogP contribution in [0.15, 0.2) is 24.3 Å². The molecule has 0 saturated carbocycles. The number of hydrogen-bond acceptors (Lipinski definition) is 3. The van der Waals surface area contributed by atoms with E-state index >= 15 is 0 Å². The minimum absolute atomic E-state index is 0.145. The van der Waals surface area contributed by atoms with Gasteiger partial charge in [0.05, 0.1) is 0 Å². The van der Waals surface area contributed by atoms with Gasteiger partial charge in [0, 0.05) is 49.6 Å². The van der Waals surface area contributed by atoms with E-state index in [0.717, 1.165) is 0 Å². The van der Waals surface area contributed by atoms with E-state index in [1.807, 2.05) is 18.7 Å². The topological polar surface area (TPSA) is 78.5 Å². The summed E-state index contributed by atoms with van der Waals surface area (Å²) in [4.78, 5) is 37.0. The molecule has 1 aromatic rings. The fourth-order valence-corrected chi connectivity index (χ4v) is 2.72. The van der Waals surface area contributed by atoms with E-state index in [1.54, 1.807) is 24.3 Å². The van der Waals surface area contributed by atoms with Crippen molar-refractivity contribution in [1.29, 1.82) is 0 Å². The van der Waals surface area contributed by atoms with Crippen molar-refractivity contribution in [2.24, 2.45) is 5.92 Å². The number of amides is 3. The Kier molecular flexibility index (Phi) is 5.36. The number of anilines is 1. The maximum atomic E-state index is 12.2. The van der Waals surface area contributed by atoms with Crippen molar-refractivity contribution in [3.63, 3.8) is 0 Å². The molecule has 1 atom stereocenters. The second-order valence-electron chi connectivity index (χ2n) is 6.18. The largest absolute Gasteiger partial charge is 0.352 e. The Morgan fingerprint density at radius 2 is 2.09 bits per heavy atom. The summed E-state index contributed by atoms with van der Waals surface area (Å²) in [7, 11) is 0. The van der Waals surface area contributed by atoms with Crippen LogP contribution in [0.1, 0.15) is 37.6 Å². The Morgan fingerprint density at radius 1 is 1.35 bits per heavy atom. The molecule has 1 unspecified atom stereocenters. The standard InChI is InChI=1S/C17H23N3O3/c1-11(2)20-10-13(7-16(20)22)9-18-17(23)14-5-4-6-15(8-14)19-12(3)21/h4-6,8,11,13H,7,9-10H2,1-3H3,(H,18,23)(H,19,21). The van der Waals surface area contributed by atoms with Gasteiger partial charge in [-0.2, -0.15) is 0 Å². The van der Waals surface area contributed by atoms with Gasteiger partial charge < -0.3 is 15.5 Å². The first kappa shape index (κ1) is 17.0. The van der Waals surface area contributed by atoms with E-state index in [2.05, 4.69) is 10.6 Å². The molecule has 1 aliphatic rings. The zero-order chi connectivity index (χ0) is 17.0. The predicted octanol–water partition coefficient (Wildman–Crippen LogP) is 1.63. The van der Waals surface area contributed by atoms with E-state index in [-0.39, 0.29) is 29.7 Å². The summed E-state index contributed by atoms with van der Waals surface area (Å²) in [5, 5.41) is 5.52. The Balaban J connectivity index is 1.90. The van der Waals surface area contributed by atoms with Crippen LogP contribution in [-0.2, 0) is 9.59 Å². The summed E-state index contributed by atoms with van der Waals surface area (Å²) in [5.41, 5.74) is 1.08. The molecule has 6 nitrogen and oxygen atoms in total. The molecule has 6 heteroatoms. The third kappa shape index (κ3) is 4.55. The van der Waals surface area contributed by atoms with Crippen molar-refractivity contribution in [2.45, 2.75) is 33.2 Å². The van der Waals surface area contributed by atoms with Gasteiger partial charge in [-0.3, -0.25) is 14.4 Å². The molecule has 3 amide bonds. The lowest BCUT2D eigenvalue weighted by molar-refractivity contribution is -0.129. The molecule has 1 saturated heterocycles. The number of nitrogens with zero attached hydrogens (tertiary/aromatic N) is 1. The highest BCUT2D eigenvalue weighted by atomic mass is 16.2. The molecule has 2 rings (SSSR count). The van der Waals surface area contributed by atoms with Gasteiger partial charge in [0.2, 0.25) is 11.8 Å². The van der Waals surface area contributed by atoms with E-state index in [4.69, 9.17) is 0 Å². The lowest BCUT2D eigenvalue weighted by Gasteiger charge is -2.21. The van der Waals surface area contributed by atoms with Gasteiger partial charge >= 0.3 is 0 Å². The van der Waals surface area contributed by atoms with Crippen LogP contribution < -0.4 is 10.6 Å². The van der Waals surface area contributed by atoms with Gasteiger partial charge in [-0.25, -0.2) is 0 Å². The molecule has 0 aliphatic carbocycles. The van der Waals surface area contributed by atoms with Crippen LogP contribution in [0.25, 0.3) is 0 Å². The van der Waals surface area contributed by atoms with Gasteiger partial charge in [0.1, 0.15) is 0 Å². The van der Waals surface area contributed by atoms with Crippen LogP contribution in [-0.4, -0.2) is 41.8 Å². The minimum Gasteiger partial charge on any atom is -0.352 e. The lowest BCUT2D eigenvalue weighted by atomic mass is 10.1. The van der Waals surface area contributed by atoms with Crippen LogP contribution in [0.3, 0.4) is 0 Å². The highest BCUT2D eigenvalue weighted by molar-refractivity contribution is 5.96. The molecule has 124 valence electrons. The monoisotopic (exact) mass is 317 g/mol. The summed E-state index contributed by atoms with van der Waals surface area (Å²) in [6.07, 6.45) is 0.477. The number of carbonyl (C=O) groups is 3. The SMILES string of the molecule is CC(=O)Nc1cccc(C(=O)NCC2CC(=O)N(C(C)C)C2)c1. The summed E-state index contributed by atoms with van der Waals surface area (Å²) >= 11 is 0. The quantitative estimate of drug-likeness (QED) is 0.866. The third-order valence-electron chi connectivity index (χ3n) is 3.86. The molecular formula is C17H23N3O3. The van der Waals surface area contributed by atoms with Crippen molar-refractivity contribution in [3.8, 4) is 0 Å². The minimum atomic E-state index is -0.201. The Labute approximate surface area is 136 Å². The third-order valence-corrected chi connectivity index (χ3v) is 3.86. The highest BCUT2D eigenvalue weighted by Crippen LogP contribution is 2.19. The lowest BCUT2D eigenvalue weighted by Crippen LogP contribution is -2.34. The molecule has 1 fully saturated rings. The molecular weight excluding hydrogens is 294 g/mol. The predicted molar refractivity (Wildman–Crippen MR) is 88.0 cm³/mol. The van der Waals surface area contributed by atoms with E-state index < -0.39 is 0 Å². The Hall–Kier alpha value is -2.37. The van der Waals surface area contributed by atoms with E-state index in [1.165, 1.54) is 6.92 Å². The molecule has 0 aromatic heterocycles. The number of likely N-dealkylation sites (tertiary alicyclic amines) is 1. The molecule has 1 aromatic carbocycles. The van der Waals surface area contributed by atoms with Crippen LogP contribution in [0.5, 0.6) is 0 Å². The molecule has 0 bridgehead atoms. The summed E-state index contributed by atoms with van der Waals surface area (Å²) in [6.45, 7) is 6.56. The summed E-state index contributed by atoms with van der Waals surface area (Å²) < 4.78 is 0. The fraction of sp³-hybridized carbons (Fsp3) is 0.471. The van der Waals surface area contributed by atoms with Gasteiger partial charge in [-0.15, -0.1) is 0 Å². The van der Waals surface area contributed by atoms with Gasteiger partial charge in [-0.05, 0) is 32.0 Å². The second-order valence-corrected chi connectivity index (χ2v) is 6.18. The van der Waals surface area contributed by atoms with Crippen LogP contribution >= 0.6 is 0 Å². The average Bonchev–Trinajstić information content (AvgIpc) is 2.85. The molecule has 0 radical (unpaired) electrons.